The lowest BCUT2D eigenvalue weighted by molar-refractivity contribution is -0.120. The van der Waals surface area contributed by atoms with Gasteiger partial charge in [-0.05, 0) is 25.3 Å². The second-order valence-corrected chi connectivity index (χ2v) is 4.44. The average molecular weight is 234 g/mol. The Morgan fingerprint density at radius 3 is 3.00 bits per heavy atom. The van der Waals surface area contributed by atoms with Crippen molar-refractivity contribution in [1.29, 1.82) is 0 Å². The van der Waals surface area contributed by atoms with E-state index in [4.69, 9.17) is 5.73 Å². The third-order valence-corrected chi connectivity index (χ3v) is 2.75. The summed E-state index contributed by atoms with van der Waals surface area (Å²) >= 11 is 0. The summed E-state index contributed by atoms with van der Waals surface area (Å²) in [5.74, 6) is 0.812. The first-order valence-corrected chi connectivity index (χ1v) is 5.90. The molecule has 1 fully saturated rings. The molecule has 0 saturated heterocycles. The van der Waals surface area contributed by atoms with Gasteiger partial charge in [0.1, 0.15) is 5.82 Å². The van der Waals surface area contributed by atoms with Crippen LogP contribution in [0.25, 0.3) is 0 Å². The molecule has 1 aromatic heterocycles. The van der Waals surface area contributed by atoms with Crippen LogP contribution in [0, 0.1) is 6.92 Å². The Morgan fingerprint density at radius 1 is 1.59 bits per heavy atom. The number of hydrogen-bond donors (Lipinski definition) is 3. The second kappa shape index (κ2) is 5.03. The maximum atomic E-state index is 11.4. The number of aromatic nitrogens is 1. The van der Waals surface area contributed by atoms with Gasteiger partial charge < -0.3 is 16.4 Å². The molecular weight excluding hydrogens is 216 g/mol. The highest BCUT2D eigenvalue weighted by Crippen LogP contribution is 2.18. The molecule has 17 heavy (non-hydrogen) atoms. The third-order valence-electron chi connectivity index (χ3n) is 2.75. The molecule has 1 saturated carbocycles. The van der Waals surface area contributed by atoms with E-state index in [0.717, 1.165) is 18.4 Å². The van der Waals surface area contributed by atoms with E-state index in [2.05, 4.69) is 15.6 Å². The lowest BCUT2D eigenvalue weighted by atomic mass is 10.2. The molecule has 2 rings (SSSR count). The molecule has 0 radical (unpaired) electrons. The van der Waals surface area contributed by atoms with Crippen LogP contribution >= 0.6 is 0 Å². The van der Waals surface area contributed by atoms with Crippen LogP contribution in [0.15, 0.2) is 12.3 Å². The van der Waals surface area contributed by atoms with E-state index in [1.165, 1.54) is 0 Å². The summed E-state index contributed by atoms with van der Waals surface area (Å²) in [6.45, 7) is 2.49. The van der Waals surface area contributed by atoms with E-state index >= 15 is 0 Å². The summed E-state index contributed by atoms with van der Waals surface area (Å²) in [6, 6.07) is 2.21. The first-order valence-electron chi connectivity index (χ1n) is 5.90. The molecule has 1 amide bonds. The Hall–Kier alpha value is -1.78. The topological polar surface area (TPSA) is 80.0 Å². The van der Waals surface area contributed by atoms with Crippen LogP contribution in [0.5, 0.6) is 0 Å². The van der Waals surface area contributed by atoms with Gasteiger partial charge in [-0.3, -0.25) is 4.79 Å². The monoisotopic (exact) mass is 234 g/mol. The highest BCUT2D eigenvalue weighted by atomic mass is 16.1. The number of nitrogen functional groups attached to an aromatic ring is 1. The van der Waals surface area contributed by atoms with E-state index in [-0.39, 0.29) is 5.91 Å². The molecule has 0 aromatic carbocycles. The number of nitrogens with two attached hydrogens (primary N) is 1. The van der Waals surface area contributed by atoms with Gasteiger partial charge in [-0.15, -0.1) is 0 Å². The maximum absolute atomic E-state index is 11.4. The zero-order chi connectivity index (χ0) is 12.3. The van der Waals surface area contributed by atoms with Crippen LogP contribution in [0.1, 0.15) is 24.8 Å². The molecule has 5 nitrogen and oxygen atoms in total. The number of rotatable bonds is 5. The minimum atomic E-state index is 0.0973. The molecule has 4 N–H and O–H groups in total. The fourth-order valence-electron chi connectivity index (χ4n) is 1.47. The molecule has 0 aliphatic heterocycles. The first-order chi connectivity index (χ1) is 8.15. The largest absolute Gasteiger partial charge is 0.398 e. The van der Waals surface area contributed by atoms with E-state index < -0.39 is 0 Å². The summed E-state index contributed by atoms with van der Waals surface area (Å²) in [7, 11) is 0. The number of nitrogens with one attached hydrogen (secondary N) is 2. The smallest absolute Gasteiger partial charge is 0.221 e. The lowest BCUT2D eigenvalue weighted by Crippen LogP contribution is -2.27. The minimum absolute atomic E-state index is 0.0973. The molecule has 0 spiro atoms. The number of hydrogen-bond acceptors (Lipinski definition) is 4. The standard InChI is InChI=1S/C12H18N4O/c1-8-7-15-11(6-10(8)13)14-5-4-12(17)16-9-2-3-9/h6-7,9H,2-5H2,1H3,(H,16,17)(H3,13,14,15). The number of carbonyl (C=O) groups is 1. The molecule has 1 aliphatic rings. The predicted octanol–water partition coefficient (Wildman–Crippen LogP) is 1.05. The first kappa shape index (κ1) is 11.7. The highest BCUT2D eigenvalue weighted by Gasteiger charge is 2.22. The van der Waals surface area contributed by atoms with Crippen LogP contribution in [-0.2, 0) is 4.79 Å². The van der Waals surface area contributed by atoms with Crippen LogP contribution in [0.3, 0.4) is 0 Å². The van der Waals surface area contributed by atoms with Crippen molar-refractivity contribution in [3.8, 4) is 0 Å². The summed E-state index contributed by atoms with van der Waals surface area (Å²) < 4.78 is 0. The van der Waals surface area contributed by atoms with Crippen molar-refractivity contribution < 1.29 is 4.79 Å². The number of pyridine rings is 1. The second-order valence-electron chi connectivity index (χ2n) is 4.44. The van der Waals surface area contributed by atoms with Crippen molar-refractivity contribution in [3.05, 3.63) is 17.8 Å². The van der Waals surface area contributed by atoms with Gasteiger partial charge in [-0.25, -0.2) is 4.98 Å². The van der Waals surface area contributed by atoms with Crippen molar-refractivity contribution in [2.24, 2.45) is 0 Å². The lowest BCUT2D eigenvalue weighted by Gasteiger charge is -2.07. The van der Waals surface area contributed by atoms with Crippen LogP contribution in [0.4, 0.5) is 11.5 Å². The molecule has 0 atom stereocenters. The van der Waals surface area contributed by atoms with Crippen LogP contribution < -0.4 is 16.4 Å². The van der Waals surface area contributed by atoms with Gasteiger partial charge in [0.05, 0.1) is 0 Å². The maximum Gasteiger partial charge on any atom is 0.221 e. The predicted molar refractivity (Wildman–Crippen MR) is 67.7 cm³/mol. The Balaban J connectivity index is 1.73. The molecule has 1 heterocycles. The summed E-state index contributed by atoms with van der Waals surface area (Å²) in [6.07, 6.45) is 4.43. The van der Waals surface area contributed by atoms with Crippen molar-refractivity contribution >= 4 is 17.4 Å². The quantitative estimate of drug-likeness (QED) is 0.711. The van der Waals surface area contributed by atoms with Crippen molar-refractivity contribution in [3.63, 3.8) is 0 Å². The van der Waals surface area contributed by atoms with Gasteiger partial charge in [0.2, 0.25) is 5.91 Å². The number of amides is 1. The minimum Gasteiger partial charge on any atom is -0.398 e. The Morgan fingerprint density at radius 2 is 2.35 bits per heavy atom. The Kier molecular flexibility index (Phi) is 3.46. The number of aryl methyl sites for hydroxylation is 1. The van der Waals surface area contributed by atoms with Gasteiger partial charge in [-0.2, -0.15) is 0 Å². The molecule has 1 aliphatic carbocycles. The van der Waals surface area contributed by atoms with Gasteiger partial charge in [0.25, 0.3) is 0 Å². The van der Waals surface area contributed by atoms with Crippen LogP contribution in [-0.4, -0.2) is 23.5 Å². The fraction of sp³-hybridized carbons (Fsp3) is 0.500. The third kappa shape index (κ3) is 3.62. The molecular formula is C12H18N4O. The molecule has 0 bridgehead atoms. The van der Waals surface area contributed by atoms with Gasteiger partial charge >= 0.3 is 0 Å². The van der Waals surface area contributed by atoms with E-state index in [9.17, 15) is 4.79 Å². The van der Waals surface area contributed by atoms with Crippen LogP contribution in [0.2, 0.25) is 0 Å². The normalized spacial score (nSPS) is 14.4. The zero-order valence-electron chi connectivity index (χ0n) is 9.99. The van der Waals surface area contributed by atoms with Crippen molar-refractivity contribution in [2.75, 3.05) is 17.6 Å². The summed E-state index contributed by atoms with van der Waals surface area (Å²) in [5.41, 5.74) is 7.44. The van der Waals surface area contributed by atoms with Gasteiger partial charge in [0.15, 0.2) is 0 Å². The number of anilines is 2. The van der Waals surface area contributed by atoms with Gasteiger partial charge in [-0.1, -0.05) is 0 Å². The zero-order valence-corrected chi connectivity index (χ0v) is 9.99. The van der Waals surface area contributed by atoms with E-state index in [0.29, 0.717) is 30.5 Å². The molecule has 5 heteroatoms. The Labute approximate surface area is 101 Å². The molecule has 0 unspecified atom stereocenters. The SMILES string of the molecule is Cc1cnc(NCCC(=O)NC2CC2)cc1N. The van der Waals surface area contributed by atoms with Gasteiger partial charge in [0, 0.05) is 37.0 Å². The molecule has 92 valence electrons. The summed E-state index contributed by atoms with van der Waals surface area (Å²) in [4.78, 5) is 15.6. The van der Waals surface area contributed by atoms with Crippen molar-refractivity contribution in [1.82, 2.24) is 10.3 Å². The number of nitrogens with zero attached hydrogens (tertiary/aromatic N) is 1. The van der Waals surface area contributed by atoms with Crippen molar-refractivity contribution in [2.45, 2.75) is 32.2 Å². The highest BCUT2D eigenvalue weighted by molar-refractivity contribution is 5.77. The fourth-order valence-corrected chi connectivity index (χ4v) is 1.47. The van der Waals surface area contributed by atoms with E-state index in [1.54, 1.807) is 12.3 Å². The molecule has 1 aromatic rings. The number of carbonyl (C=O) groups excluding carboxylic acids is 1. The summed E-state index contributed by atoms with van der Waals surface area (Å²) in [5, 5.41) is 6.02. The Bertz CT molecular complexity index is 415. The van der Waals surface area contributed by atoms with E-state index in [1.807, 2.05) is 6.92 Å². The average Bonchev–Trinajstić information content (AvgIpc) is 3.07.